The lowest BCUT2D eigenvalue weighted by Gasteiger charge is -2.22. The summed E-state index contributed by atoms with van der Waals surface area (Å²) in [5.41, 5.74) is 7.37. The molecule has 4 rings (SSSR count). The van der Waals surface area contributed by atoms with E-state index in [1.807, 2.05) is 31.2 Å². The van der Waals surface area contributed by atoms with Crippen LogP contribution >= 0.6 is 0 Å². The van der Waals surface area contributed by atoms with Gasteiger partial charge in [0.2, 0.25) is 5.91 Å². The van der Waals surface area contributed by atoms with Gasteiger partial charge in [-0.3, -0.25) is 9.00 Å². The van der Waals surface area contributed by atoms with Crippen molar-refractivity contribution in [3.8, 4) is 11.5 Å². The van der Waals surface area contributed by atoms with Crippen molar-refractivity contribution in [2.45, 2.75) is 51.6 Å². The number of carbonyl (C=O) groups excluding carboxylic acids is 1. The molecule has 4 N–H and O–H groups in total. The Bertz CT molecular complexity index is 1530. The number of methoxy groups -OCH3 is 1. The first-order valence-corrected chi connectivity index (χ1v) is 15.2. The van der Waals surface area contributed by atoms with Gasteiger partial charge in [-0.05, 0) is 54.3 Å². The summed E-state index contributed by atoms with van der Waals surface area (Å²) in [6.07, 6.45) is 2.85. The number of hydrogen-bond donors (Lipinski definition) is 3. The number of halogens is 1. The maximum Gasteiger partial charge on any atom is 0.247 e. The molecule has 0 aliphatic rings. The van der Waals surface area contributed by atoms with E-state index >= 15 is 4.39 Å². The number of nitrogens with zero attached hydrogens (tertiary/aromatic N) is 1. The number of anilines is 2. The molecule has 0 radical (unpaired) electrons. The average molecular weight is 595 g/mol. The molecule has 0 saturated heterocycles. The van der Waals surface area contributed by atoms with Crippen molar-refractivity contribution >= 4 is 39.0 Å². The van der Waals surface area contributed by atoms with Gasteiger partial charge in [0.15, 0.2) is 11.5 Å². The number of amides is 1. The van der Waals surface area contributed by atoms with Gasteiger partial charge >= 0.3 is 0 Å². The first kappa shape index (κ1) is 32.3. The number of fused-ring (bicyclic) bond motifs is 1. The lowest BCUT2D eigenvalue weighted by atomic mass is 10.0. The fourth-order valence-electron chi connectivity index (χ4n) is 4.25. The molecule has 0 aliphatic heterocycles. The molecule has 4 aromatic rings. The van der Waals surface area contributed by atoms with Crippen LogP contribution in [0.5, 0.6) is 11.5 Å². The number of nitrogens with one attached hydrogen (secondary N) is 2. The van der Waals surface area contributed by atoms with E-state index in [2.05, 4.69) is 29.5 Å². The molecule has 10 heteroatoms. The Morgan fingerprint density at radius 1 is 1.05 bits per heavy atom. The molecule has 0 fully saturated rings. The smallest absolute Gasteiger partial charge is 0.247 e. The summed E-state index contributed by atoms with van der Waals surface area (Å²) in [7, 11) is 0.227. The van der Waals surface area contributed by atoms with E-state index in [1.54, 1.807) is 37.4 Å². The molecule has 1 heterocycles. The molecule has 3 aromatic carbocycles. The number of pyridine rings is 1. The number of hydrogen-bond acceptors (Lipinski definition) is 7. The fraction of sp³-hybridized carbons (Fsp3) is 0.312. The van der Waals surface area contributed by atoms with E-state index in [9.17, 15) is 9.00 Å². The van der Waals surface area contributed by atoms with Crippen LogP contribution in [0.15, 0.2) is 71.8 Å². The summed E-state index contributed by atoms with van der Waals surface area (Å²) in [6, 6.07) is 15.9. The van der Waals surface area contributed by atoms with Crippen molar-refractivity contribution in [3.63, 3.8) is 0 Å². The number of aromatic nitrogens is 1. The van der Waals surface area contributed by atoms with Crippen LogP contribution in [0, 0.1) is 5.82 Å². The van der Waals surface area contributed by atoms with Crippen LogP contribution in [0.4, 0.5) is 15.9 Å². The minimum atomic E-state index is -1.20. The molecule has 8 nitrogen and oxygen atoms in total. The molecule has 1 aromatic heterocycles. The highest BCUT2D eigenvalue weighted by molar-refractivity contribution is 7.85. The van der Waals surface area contributed by atoms with Crippen LogP contribution < -0.4 is 25.8 Å². The van der Waals surface area contributed by atoms with E-state index in [0.717, 1.165) is 16.3 Å². The first-order chi connectivity index (χ1) is 20.3. The topological polar surface area (TPSA) is 116 Å². The van der Waals surface area contributed by atoms with Crippen molar-refractivity contribution in [2.24, 2.45) is 0 Å². The Morgan fingerprint density at radius 3 is 2.48 bits per heavy atom. The van der Waals surface area contributed by atoms with Gasteiger partial charge in [-0.25, -0.2) is 9.37 Å². The minimum Gasteiger partial charge on any atom is -0.493 e. The largest absolute Gasteiger partial charge is 0.493 e. The van der Waals surface area contributed by atoms with E-state index in [4.69, 9.17) is 15.2 Å². The van der Waals surface area contributed by atoms with Gasteiger partial charge in [0.1, 0.15) is 17.7 Å². The van der Waals surface area contributed by atoms with Crippen LogP contribution in [-0.2, 0) is 22.1 Å². The van der Waals surface area contributed by atoms with E-state index in [1.165, 1.54) is 25.7 Å². The van der Waals surface area contributed by atoms with Crippen LogP contribution in [0.25, 0.3) is 10.8 Å². The van der Waals surface area contributed by atoms with Crippen molar-refractivity contribution in [2.75, 3.05) is 30.5 Å². The summed E-state index contributed by atoms with van der Waals surface area (Å²) in [6.45, 7) is 8.34. The third kappa shape index (κ3) is 7.97. The van der Waals surface area contributed by atoms with Crippen molar-refractivity contribution in [1.29, 1.82) is 0 Å². The van der Waals surface area contributed by atoms with Gasteiger partial charge in [-0.2, -0.15) is 0 Å². The first-order valence-electron chi connectivity index (χ1n) is 13.9. The normalized spacial score (nSPS) is 12.0. The number of carbonyl (C=O) groups is 1. The number of benzene rings is 3. The van der Waals surface area contributed by atoms with Gasteiger partial charge in [-0.15, -0.1) is 0 Å². The van der Waals surface area contributed by atoms with Gasteiger partial charge < -0.3 is 25.8 Å². The number of rotatable bonds is 11. The Kier molecular flexibility index (Phi) is 12.1. The Labute approximate surface area is 249 Å². The maximum absolute atomic E-state index is 15.4. The Hall–Kier alpha value is -4.18. The molecule has 0 saturated carbocycles. The third-order valence-corrected chi connectivity index (χ3v) is 7.61. The molecule has 2 atom stereocenters. The highest BCUT2D eigenvalue weighted by atomic mass is 32.2. The summed E-state index contributed by atoms with van der Waals surface area (Å²) in [5.74, 6) is 0.268. The predicted octanol–water partition coefficient (Wildman–Crippen LogP) is 6.38. The molecular formula is C32H39FN4O4S. The zero-order valence-electron chi connectivity index (χ0n) is 24.7. The Morgan fingerprint density at radius 2 is 1.79 bits per heavy atom. The van der Waals surface area contributed by atoms with Crippen molar-refractivity contribution in [3.05, 3.63) is 83.8 Å². The minimum absolute atomic E-state index is 0.0801. The molecule has 2 unspecified atom stereocenters. The summed E-state index contributed by atoms with van der Waals surface area (Å²) < 4.78 is 38.9. The third-order valence-electron chi connectivity index (χ3n) is 6.20. The average Bonchev–Trinajstić information content (AvgIpc) is 2.99. The van der Waals surface area contributed by atoms with Crippen LogP contribution in [-0.4, -0.2) is 34.6 Å². The van der Waals surface area contributed by atoms with Gasteiger partial charge in [0, 0.05) is 46.1 Å². The lowest BCUT2D eigenvalue weighted by molar-refractivity contribution is -0.122. The van der Waals surface area contributed by atoms with Crippen LogP contribution in [0.1, 0.15) is 51.3 Å². The molecule has 0 aliphatic carbocycles. The van der Waals surface area contributed by atoms with Gasteiger partial charge in [0.05, 0.1) is 24.5 Å². The van der Waals surface area contributed by atoms with Crippen molar-refractivity contribution in [1.82, 2.24) is 10.3 Å². The van der Waals surface area contributed by atoms with Gasteiger partial charge in [-0.1, -0.05) is 45.4 Å². The quantitative estimate of drug-likeness (QED) is 0.185. The fourth-order valence-corrected chi connectivity index (χ4v) is 5.23. The molecular weight excluding hydrogens is 555 g/mol. The number of nitrogens with two attached hydrogens (primary N) is 1. The molecule has 1 amide bonds. The summed E-state index contributed by atoms with van der Waals surface area (Å²) >= 11 is 0. The molecule has 224 valence electrons. The van der Waals surface area contributed by atoms with Crippen LogP contribution in [0.3, 0.4) is 0 Å². The second-order valence-corrected chi connectivity index (χ2v) is 11.0. The second kappa shape index (κ2) is 15.7. The predicted molar refractivity (Wildman–Crippen MR) is 168 cm³/mol. The number of nitrogen functional groups attached to an aromatic ring is 1. The molecule has 0 bridgehead atoms. The number of ether oxygens (including phenoxy) is 2. The van der Waals surface area contributed by atoms with Crippen molar-refractivity contribution < 1.29 is 22.9 Å². The van der Waals surface area contributed by atoms with E-state index in [-0.39, 0.29) is 17.9 Å². The van der Waals surface area contributed by atoms with E-state index in [0.29, 0.717) is 34.5 Å². The maximum atomic E-state index is 15.4. The van der Waals surface area contributed by atoms with Gasteiger partial charge in [0.25, 0.3) is 0 Å². The molecule has 42 heavy (non-hydrogen) atoms. The highest BCUT2D eigenvalue weighted by Crippen LogP contribution is 2.35. The zero-order valence-corrected chi connectivity index (χ0v) is 25.5. The summed E-state index contributed by atoms with van der Waals surface area (Å²) in [5, 5.41) is 7.63. The van der Waals surface area contributed by atoms with E-state index < -0.39 is 28.6 Å². The zero-order chi connectivity index (χ0) is 30.6. The molecule has 0 spiro atoms. The lowest BCUT2D eigenvalue weighted by Crippen LogP contribution is -2.34. The second-order valence-electron chi connectivity index (χ2n) is 9.33. The standard InChI is InChI=1S/C29H31FN4O4S.C3H8/c1-4-38-25-15-22(23(30)16-24(25)37-3)27(34-20-10-11-21-18(14-20)12-13-32-28(21)31)29(35)33-17-19-8-6-7-9-26(19)39(36)5-2;1-3-2/h6-16,27,34H,4-5,17H2,1-3H3,(H2,31,32)(H,33,35);3H2,1-2H3. The summed E-state index contributed by atoms with van der Waals surface area (Å²) in [4.78, 5) is 18.4. The van der Waals surface area contributed by atoms with Crippen LogP contribution in [0.2, 0.25) is 0 Å². The SMILES string of the molecule is CCC.CCOc1cc(C(Nc2ccc3c(N)nccc3c2)C(=O)NCc2ccccc2S(=O)CC)c(F)cc1OC. The Balaban J connectivity index is 0.00000155. The highest BCUT2D eigenvalue weighted by Gasteiger charge is 2.26. The monoisotopic (exact) mass is 594 g/mol.